The van der Waals surface area contributed by atoms with Gasteiger partial charge in [-0.1, -0.05) is 5.16 Å². The average Bonchev–Trinajstić information content (AvgIpc) is 3.18. The van der Waals surface area contributed by atoms with Gasteiger partial charge in [-0.3, -0.25) is 0 Å². The second-order valence-corrected chi connectivity index (χ2v) is 5.41. The summed E-state index contributed by atoms with van der Waals surface area (Å²) in [6, 6.07) is 5.89. The number of rotatable bonds is 3. The fraction of sp³-hybridized carbons (Fsp3) is 0.400. The van der Waals surface area contributed by atoms with Crippen molar-refractivity contribution >= 4 is 11.0 Å². The van der Waals surface area contributed by atoms with Gasteiger partial charge in [-0.2, -0.15) is 4.98 Å². The molecule has 1 atom stereocenters. The molecule has 0 aliphatic carbocycles. The molecule has 6 nitrogen and oxygen atoms in total. The van der Waals surface area contributed by atoms with Crippen molar-refractivity contribution < 1.29 is 9.26 Å². The van der Waals surface area contributed by atoms with Gasteiger partial charge < -0.3 is 14.2 Å². The number of benzene rings is 1. The van der Waals surface area contributed by atoms with Gasteiger partial charge in [0, 0.05) is 18.6 Å². The van der Waals surface area contributed by atoms with Crippen molar-refractivity contribution in [1.29, 1.82) is 0 Å². The third-order valence-electron chi connectivity index (χ3n) is 3.75. The van der Waals surface area contributed by atoms with Crippen LogP contribution in [-0.4, -0.2) is 32.8 Å². The van der Waals surface area contributed by atoms with E-state index in [-0.39, 0.29) is 6.10 Å². The molecular weight excluding hydrogens is 268 g/mol. The van der Waals surface area contributed by atoms with E-state index in [1.807, 2.05) is 25.1 Å². The molecule has 21 heavy (non-hydrogen) atoms. The quantitative estimate of drug-likeness (QED) is 0.800. The molecule has 1 aliphatic rings. The van der Waals surface area contributed by atoms with Gasteiger partial charge in [0.15, 0.2) is 5.82 Å². The minimum atomic E-state index is 0.230. The highest BCUT2D eigenvalue weighted by Gasteiger charge is 2.19. The van der Waals surface area contributed by atoms with E-state index in [1.54, 1.807) is 0 Å². The first-order chi connectivity index (χ1) is 10.3. The molecule has 4 rings (SSSR count). The lowest BCUT2D eigenvalue weighted by molar-refractivity contribution is 0.109. The number of hydrogen-bond acceptors (Lipinski definition) is 5. The highest BCUT2D eigenvalue weighted by Crippen LogP contribution is 2.23. The molecule has 1 N–H and O–H groups in total. The Labute approximate surface area is 121 Å². The van der Waals surface area contributed by atoms with Crippen LogP contribution in [-0.2, 0) is 11.2 Å². The molecule has 1 aromatic carbocycles. The van der Waals surface area contributed by atoms with E-state index in [9.17, 15) is 0 Å². The van der Waals surface area contributed by atoms with Gasteiger partial charge in [-0.15, -0.1) is 0 Å². The summed E-state index contributed by atoms with van der Waals surface area (Å²) in [6.45, 7) is 2.78. The van der Waals surface area contributed by atoms with Crippen LogP contribution in [0.4, 0.5) is 0 Å². The summed E-state index contributed by atoms with van der Waals surface area (Å²) in [4.78, 5) is 12.1. The van der Waals surface area contributed by atoms with Crippen molar-refractivity contribution in [3.63, 3.8) is 0 Å². The van der Waals surface area contributed by atoms with Gasteiger partial charge in [0.2, 0.25) is 0 Å². The van der Waals surface area contributed by atoms with Gasteiger partial charge in [0.25, 0.3) is 5.89 Å². The maximum Gasteiger partial charge on any atom is 0.257 e. The maximum absolute atomic E-state index is 5.60. The number of aromatic nitrogens is 4. The van der Waals surface area contributed by atoms with E-state index in [2.05, 4.69) is 20.1 Å². The Kier molecular flexibility index (Phi) is 2.96. The first-order valence-corrected chi connectivity index (χ1v) is 7.19. The van der Waals surface area contributed by atoms with Crippen LogP contribution in [0.5, 0.6) is 0 Å². The molecule has 1 saturated heterocycles. The Morgan fingerprint density at radius 3 is 3.14 bits per heavy atom. The molecule has 0 radical (unpaired) electrons. The molecule has 3 heterocycles. The molecule has 0 amide bonds. The van der Waals surface area contributed by atoms with Crippen LogP contribution < -0.4 is 0 Å². The van der Waals surface area contributed by atoms with E-state index < -0.39 is 0 Å². The number of aryl methyl sites for hydroxylation is 1. The second-order valence-electron chi connectivity index (χ2n) is 5.41. The van der Waals surface area contributed by atoms with Gasteiger partial charge in [-0.25, -0.2) is 4.98 Å². The minimum Gasteiger partial charge on any atom is -0.378 e. The fourth-order valence-corrected chi connectivity index (χ4v) is 2.73. The monoisotopic (exact) mass is 284 g/mol. The van der Waals surface area contributed by atoms with Crippen LogP contribution in [0, 0.1) is 6.92 Å². The van der Waals surface area contributed by atoms with E-state index >= 15 is 0 Å². The summed E-state index contributed by atoms with van der Waals surface area (Å²) < 4.78 is 11.0. The predicted octanol–water partition coefficient (Wildman–Crippen LogP) is 2.64. The zero-order valence-electron chi connectivity index (χ0n) is 11.8. The number of nitrogens with zero attached hydrogens (tertiary/aromatic N) is 3. The Morgan fingerprint density at radius 1 is 1.33 bits per heavy atom. The number of fused-ring (bicyclic) bond motifs is 1. The van der Waals surface area contributed by atoms with Crippen LogP contribution in [0.15, 0.2) is 22.7 Å². The zero-order chi connectivity index (χ0) is 14.2. The summed E-state index contributed by atoms with van der Waals surface area (Å²) in [5.41, 5.74) is 2.82. The van der Waals surface area contributed by atoms with Gasteiger partial charge >= 0.3 is 0 Å². The molecule has 2 aromatic heterocycles. The first-order valence-electron chi connectivity index (χ1n) is 7.19. The zero-order valence-corrected chi connectivity index (χ0v) is 11.8. The van der Waals surface area contributed by atoms with E-state index in [0.717, 1.165) is 48.3 Å². The molecule has 6 heteroatoms. The summed E-state index contributed by atoms with van der Waals surface area (Å²) in [7, 11) is 0. The molecule has 0 spiro atoms. The van der Waals surface area contributed by atoms with Gasteiger partial charge in [-0.05, 0) is 38.0 Å². The van der Waals surface area contributed by atoms with Crippen LogP contribution >= 0.6 is 0 Å². The second kappa shape index (κ2) is 4.96. The van der Waals surface area contributed by atoms with Gasteiger partial charge in [0.05, 0.1) is 17.1 Å². The number of H-pyrrole nitrogens is 1. The van der Waals surface area contributed by atoms with E-state index in [4.69, 9.17) is 9.26 Å². The lowest BCUT2D eigenvalue weighted by Gasteiger charge is -2.03. The van der Waals surface area contributed by atoms with Crippen LogP contribution in [0.25, 0.3) is 22.5 Å². The lowest BCUT2D eigenvalue weighted by atomic mass is 10.2. The number of aromatic amines is 1. The molecule has 108 valence electrons. The molecule has 0 saturated carbocycles. The van der Waals surface area contributed by atoms with Crippen molar-refractivity contribution in [2.24, 2.45) is 0 Å². The highest BCUT2D eigenvalue weighted by molar-refractivity contribution is 5.80. The maximum atomic E-state index is 5.60. The predicted molar refractivity (Wildman–Crippen MR) is 76.8 cm³/mol. The third kappa shape index (κ3) is 2.42. The van der Waals surface area contributed by atoms with Crippen molar-refractivity contribution in [3.05, 3.63) is 29.8 Å². The smallest absolute Gasteiger partial charge is 0.257 e. The minimum absolute atomic E-state index is 0.230. The SMILES string of the molecule is Cc1nc2ccc(-c3nc(C[C@@H]4CCCO4)no3)cc2[nH]1. The molecule has 0 unspecified atom stereocenters. The summed E-state index contributed by atoms with van der Waals surface area (Å²) >= 11 is 0. The molecule has 1 aliphatic heterocycles. The standard InChI is InChI=1S/C15H16N4O2/c1-9-16-12-5-4-10(7-13(12)17-9)15-18-14(19-21-15)8-11-3-2-6-20-11/h4-5,7,11H,2-3,6,8H2,1H3,(H,16,17)/t11-/m0/s1. The topological polar surface area (TPSA) is 76.8 Å². The molecule has 0 bridgehead atoms. The summed E-state index contributed by atoms with van der Waals surface area (Å²) in [6.07, 6.45) is 3.14. The van der Waals surface area contributed by atoms with Crippen LogP contribution in [0.1, 0.15) is 24.5 Å². The Balaban J connectivity index is 1.60. The Morgan fingerprint density at radius 2 is 2.29 bits per heavy atom. The van der Waals surface area contributed by atoms with Crippen molar-refractivity contribution in [2.75, 3.05) is 6.61 Å². The number of ether oxygens (including phenoxy) is 1. The van der Waals surface area contributed by atoms with Gasteiger partial charge in [0.1, 0.15) is 5.82 Å². The number of imidazole rings is 1. The van der Waals surface area contributed by atoms with Crippen LogP contribution in [0.3, 0.4) is 0 Å². The summed E-state index contributed by atoms with van der Waals surface area (Å²) in [5, 5.41) is 4.05. The first kappa shape index (κ1) is 12.5. The third-order valence-corrected chi connectivity index (χ3v) is 3.75. The lowest BCUT2D eigenvalue weighted by Crippen LogP contribution is -2.09. The summed E-state index contributed by atoms with van der Waals surface area (Å²) in [5.74, 6) is 2.14. The van der Waals surface area contributed by atoms with Crippen LogP contribution in [0.2, 0.25) is 0 Å². The van der Waals surface area contributed by atoms with Crippen molar-refractivity contribution in [2.45, 2.75) is 32.3 Å². The van der Waals surface area contributed by atoms with Crippen molar-refractivity contribution in [3.8, 4) is 11.5 Å². The largest absolute Gasteiger partial charge is 0.378 e. The average molecular weight is 284 g/mol. The number of hydrogen-bond donors (Lipinski definition) is 1. The normalized spacial score (nSPS) is 18.6. The highest BCUT2D eigenvalue weighted by atomic mass is 16.5. The molecular formula is C15H16N4O2. The Hall–Kier alpha value is -2.21. The Bertz CT molecular complexity index is 771. The van der Waals surface area contributed by atoms with Crippen molar-refractivity contribution in [1.82, 2.24) is 20.1 Å². The van der Waals surface area contributed by atoms with E-state index in [0.29, 0.717) is 11.7 Å². The fourth-order valence-electron chi connectivity index (χ4n) is 2.73. The van der Waals surface area contributed by atoms with E-state index in [1.165, 1.54) is 0 Å². The number of nitrogens with one attached hydrogen (secondary N) is 1. The molecule has 3 aromatic rings. The molecule has 1 fully saturated rings.